The molecule has 1 aliphatic heterocycles. The van der Waals surface area contributed by atoms with Gasteiger partial charge in [0, 0.05) is 4.47 Å². The summed E-state index contributed by atoms with van der Waals surface area (Å²) in [6.07, 6.45) is 1.79. The van der Waals surface area contributed by atoms with Crippen LogP contribution in [0.2, 0.25) is 10.0 Å². The molecule has 3 aromatic carbocycles. The van der Waals surface area contributed by atoms with Crippen molar-refractivity contribution in [2.75, 3.05) is 13.2 Å². The summed E-state index contributed by atoms with van der Waals surface area (Å²) < 4.78 is 18.0. The van der Waals surface area contributed by atoms with E-state index >= 15 is 0 Å². The number of amides is 1. The number of hydrogen-bond acceptors (Lipinski definition) is 6. The number of nitrogens with one attached hydrogen (secondary N) is 1. The van der Waals surface area contributed by atoms with Crippen LogP contribution in [0, 0.1) is 0 Å². The van der Waals surface area contributed by atoms with E-state index in [0.29, 0.717) is 44.8 Å². The fourth-order valence-electron chi connectivity index (χ4n) is 3.36. The van der Waals surface area contributed by atoms with Crippen molar-refractivity contribution < 1.29 is 19.0 Å². The predicted molar refractivity (Wildman–Crippen MR) is 155 cm³/mol. The molecular formula is C27H23BrCl2N2O4S. The third-order valence-electron chi connectivity index (χ3n) is 5.06. The molecule has 0 spiro atoms. The van der Waals surface area contributed by atoms with Crippen molar-refractivity contribution >= 4 is 73.7 Å². The summed E-state index contributed by atoms with van der Waals surface area (Å²) in [4.78, 5) is 17.7. The maximum Gasteiger partial charge on any atom is 0.264 e. The molecule has 0 aliphatic carbocycles. The molecule has 1 amide bonds. The molecule has 1 N–H and O–H groups in total. The second-order valence-electron chi connectivity index (χ2n) is 7.70. The Bertz CT molecular complexity index is 1360. The van der Waals surface area contributed by atoms with E-state index in [1.165, 1.54) is 11.8 Å². The van der Waals surface area contributed by atoms with Crippen LogP contribution in [0.25, 0.3) is 6.08 Å². The summed E-state index contributed by atoms with van der Waals surface area (Å²) in [5.41, 5.74) is 2.36. The zero-order valence-corrected chi connectivity index (χ0v) is 23.9. The van der Waals surface area contributed by atoms with Crippen molar-refractivity contribution in [3.05, 3.63) is 85.1 Å². The van der Waals surface area contributed by atoms with Crippen molar-refractivity contribution in [2.45, 2.75) is 20.5 Å². The van der Waals surface area contributed by atoms with Crippen LogP contribution in [0.5, 0.6) is 17.2 Å². The van der Waals surface area contributed by atoms with Crippen molar-refractivity contribution in [3.63, 3.8) is 0 Å². The number of thioether (sulfide) groups is 1. The average molecular weight is 622 g/mol. The number of halogens is 3. The Morgan fingerprint density at radius 2 is 1.68 bits per heavy atom. The summed E-state index contributed by atoms with van der Waals surface area (Å²) >= 11 is 17.0. The summed E-state index contributed by atoms with van der Waals surface area (Å²) in [5, 5.41) is 4.27. The Balaban J connectivity index is 1.52. The first-order chi connectivity index (χ1) is 17.9. The minimum Gasteiger partial charge on any atom is -0.494 e. The van der Waals surface area contributed by atoms with E-state index < -0.39 is 0 Å². The standard InChI is InChI=1S/C27H23BrCl2N2O4S/c1-3-34-19-8-6-18(7-9-19)31-27-32-26(33)25(37-27)13-17-12-23(35-4-2)24(14-20(17)28)36-15-16-5-10-21(29)22(30)11-16/h5-14H,3-4,15H2,1-2H3,(H,31,32,33)/b25-13+. The number of hydrogen-bond donors (Lipinski definition) is 1. The number of aliphatic imine (C=N–C) groups is 1. The van der Waals surface area contributed by atoms with Gasteiger partial charge in [-0.15, -0.1) is 0 Å². The third kappa shape index (κ3) is 7.23. The highest BCUT2D eigenvalue weighted by molar-refractivity contribution is 9.10. The van der Waals surface area contributed by atoms with Gasteiger partial charge in [0.2, 0.25) is 0 Å². The molecule has 37 heavy (non-hydrogen) atoms. The first-order valence-corrected chi connectivity index (χ1v) is 13.8. The lowest BCUT2D eigenvalue weighted by atomic mass is 10.1. The van der Waals surface area contributed by atoms with Gasteiger partial charge in [0.25, 0.3) is 5.91 Å². The SMILES string of the molecule is CCOc1ccc(N=C2NC(=O)/C(=C\c3cc(OCC)c(OCc4ccc(Cl)c(Cl)c4)cc3Br)S2)cc1. The smallest absolute Gasteiger partial charge is 0.264 e. The second-order valence-corrected chi connectivity index (χ2v) is 10.4. The minimum absolute atomic E-state index is 0.223. The van der Waals surface area contributed by atoms with E-state index in [2.05, 4.69) is 26.2 Å². The summed E-state index contributed by atoms with van der Waals surface area (Å²) in [7, 11) is 0. The summed E-state index contributed by atoms with van der Waals surface area (Å²) in [6, 6.07) is 16.4. The number of ether oxygens (including phenoxy) is 3. The van der Waals surface area contributed by atoms with Crippen LogP contribution in [-0.2, 0) is 11.4 Å². The molecule has 4 rings (SSSR count). The van der Waals surface area contributed by atoms with Gasteiger partial charge in [-0.25, -0.2) is 4.99 Å². The fourth-order valence-corrected chi connectivity index (χ4v) is 4.95. The van der Waals surface area contributed by atoms with Crippen molar-refractivity contribution in [1.82, 2.24) is 5.32 Å². The maximum atomic E-state index is 12.6. The number of benzene rings is 3. The molecule has 192 valence electrons. The zero-order valence-electron chi connectivity index (χ0n) is 20.0. The monoisotopic (exact) mass is 620 g/mol. The molecular weight excluding hydrogens is 599 g/mol. The van der Waals surface area contributed by atoms with E-state index in [1.807, 2.05) is 56.3 Å². The van der Waals surface area contributed by atoms with Crippen LogP contribution in [-0.4, -0.2) is 24.3 Å². The van der Waals surface area contributed by atoms with Crippen LogP contribution in [0.1, 0.15) is 25.0 Å². The molecule has 1 heterocycles. The maximum absolute atomic E-state index is 12.6. The van der Waals surface area contributed by atoms with E-state index in [9.17, 15) is 4.79 Å². The molecule has 0 aromatic heterocycles. The molecule has 1 saturated heterocycles. The quantitative estimate of drug-likeness (QED) is 0.245. The number of carbonyl (C=O) groups is 1. The molecule has 0 atom stereocenters. The molecule has 3 aromatic rings. The predicted octanol–water partition coefficient (Wildman–Crippen LogP) is 8.02. The Kier molecular flexibility index (Phi) is 9.43. The molecule has 0 radical (unpaired) electrons. The molecule has 10 heteroatoms. The first-order valence-electron chi connectivity index (χ1n) is 11.4. The molecule has 0 unspecified atom stereocenters. The number of amidine groups is 1. The van der Waals surface area contributed by atoms with E-state index in [1.54, 1.807) is 18.2 Å². The van der Waals surface area contributed by atoms with Crippen LogP contribution in [0.4, 0.5) is 5.69 Å². The molecule has 6 nitrogen and oxygen atoms in total. The summed E-state index contributed by atoms with van der Waals surface area (Å²) in [6.45, 7) is 5.16. The van der Waals surface area contributed by atoms with Gasteiger partial charge < -0.3 is 19.5 Å². The Morgan fingerprint density at radius 3 is 2.38 bits per heavy atom. The number of nitrogens with zero attached hydrogens (tertiary/aromatic N) is 1. The highest BCUT2D eigenvalue weighted by atomic mass is 79.9. The van der Waals surface area contributed by atoms with E-state index in [4.69, 9.17) is 37.4 Å². The highest BCUT2D eigenvalue weighted by Crippen LogP contribution is 2.37. The van der Waals surface area contributed by atoms with Gasteiger partial charge in [-0.05, 0) is 91.3 Å². The van der Waals surface area contributed by atoms with Crippen LogP contribution >= 0.6 is 50.9 Å². The van der Waals surface area contributed by atoms with Gasteiger partial charge in [0.05, 0.1) is 33.9 Å². The number of rotatable bonds is 9. The highest BCUT2D eigenvalue weighted by Gasteiger charge is 2.24. The molecule has 0 saturated carbocycles. The molecule has 0 bridgehead atoms. The Hall–Kier alpha value is -2.65. The fraction of sp³-hybridized carbons (Fsp3) is 0.185. The van der Waals surface area contributed by atoms with Gasteiger partial charge in [0.1, 0.15) is 12.4 Å². The normalized spacial score (nSPS) is 15.2. The topological polar surface area (TPSA) is 69.2 Å². The minimum atomic E-state index is -0.223. The average Bonchev–Trinajstić information content (AvgIpc) is 3.22. The summed E-state index contributed by atoms with van der Waals surface area (Å²) in [5.74, 6) is 1.67. The second kappa shape index (κ2) is 12.7. The number of carbonyl (C=O) groups excluding carboxylic acids is 1. The van der Waals surface area contributed by atoms with Gasteiger partial charge in [0.15, 0.2) is 16.7 Å². The van der Waals surface area contributed by atoms with Crippen molar-refractivity contribution in [2.24, 2.45) is 4.99 Å². The molecule has 1 aliphatic rings. The lowest BCUT2D eigenvalue weighted by Gasteiger charge is -2.14. The van der Waals surface area contributed by atoms with Crippen LogP contribution < -0.4 is 19.5 Å². The first kappa shape index (κ1) is 27.4. The van der Waals surface area contributed by atoms with Gasteiger partial charge >= 0.3 is 0 Å². The van der Waals surface area contributed by atoms with Crippen LogP contribution in [0.15, 0.2) is 69.0 Å². The van der Waals surface area contributed by atoms with Crippen molar-refractivity contribution in [1.29, 1.82) is 0 Å². The van der Waals surface area contributed by atoms with Gasteiger partial charge in [-0.2, -0.15) is 0 Å². The van der Waals surface area contributed by atoms with Gasteiger partial charge in [-0.1, -0.05) is 45.2 Å². The Morgan fingerprint density at radius 1 is 0.946 bits per heavy atom. The zero-order chi connectivity index (χ0) is 26.4. The van der Waals surface area contributed by atoms with E-state index in [0.717, 1.165) is 27.0 Å². The molecule has 1 fully saturated rings. The third-order valence-corrected chi connectivity index (χ3v) is 7.39. The van der Waals surface area contributed by atoms with E-state index in [-0.39, 0.29) is 12.5 Å². The Labute approximate surface area is 238 Å². The largest absolute Gasteiger partial charge is 0.494 e. The van der Waals surface area contributed by atoms with Crippen LogP contribution in [0.3, 0.4) is 0 Å². The van der Waals surface area contributed by atoms with Gasteiger partial charge in [-0.3, -0.25) is 4.79 Å². The lowest BCUT2D eigenvalue weighted by molar-refractivity contribution is -0.115. The lowest BCUT2D eigenvalue weighted by Crippen LogP contribution is -2.19. The van der Waals surface area contributed by atoms with Crippen molar-refractivity contribution in [3.8, 4) is 17.2 Å².